The topological polar surface area (TPSA) is 73.1 Å². The molecule has 0 unspecified atom stereocenters. The van der Waals surface area contributed by atoms with E-state index >= 15 is 0 Å². The van der Waals surface area contributed by atoms with Gasteiger partial charge in [-0.15, -0.1) is 0 Å². The van der Waals surface area contributed by atoms with Gasteiger partial charge in [-0.25, -0.2) is 0 Å². The number of hydrogen-bond acceptors (Lipinski definition) is 3. The number of carbonyl (C=O) groups is 1. The van der Waals surface area contributed by atoms with E-state index in [1.165, 1.54) is 9.13 Å². The van der Waals surface area contributed by atoms with E-state index in [1.54, 1.807) is 36.4 Å². The molecule has 6 nitrogen and oxygen atoms in total. The number of halogens is 1. The van der Waals surface area contributed by atoms with Crippen molar-refractivity contribution in [1.82, 2.24) is 14.5 Å². The molecule has 0 atom stereocenters. The monoisotopic (exact) mass is 413 g/mol. The second-order valence-electron chi connectivity index (χ2n) is 7.43. The number of nitrogens with zero attached hydrogens (tertiary/aromatic N) is 2. The van der Waals surface area contributed by atoms with Gasteiger partial charge in [0.2, 0.25) is 5.91 Å². The molecule has 7 heteroatoms. The summed E-state index contributed by atoms with van der Waals surface area (Å²) in [6.45, 7) is 4.74. The van der Waals surface area contributed by atoms with Crippen LogP contribution in [0.3, 0.4) is 0 Å². The van der Waals surface area contributed by atoms with E-state index in [9.17, 15) is 14.4 Å². The number of amides is 1. The molecule has 0 saturated carbocycles. The number of benzene rings is 2. The van der Waals surface area contributed by atoms with Crippen LogP contribution in [-0.4, -0.2) is 21.6 Å². The largest absolute Gasteiger partial charge is 0.355 e. The van der Waals surface area contributed by atoms with Crippen molar-refractivity contribution < 1.29 is 4.79 Å². The molecule has 3 aromatic rings. The maximum atomic E-state index is 12.8. The number of carbonyl (C=O) groups excluding carboxylic acids is 1. The first-order valence-electron chi connectivity index (χ1n) is 9.60. The van der Waals surface area contributed by atoms with Gasteiger partial charge in [0.1, 0.15) is 6.54 Å². The van der Waals surface area contributed by atoms with Gasteiger partial charge >= 0.3 is 11.1 Å². The lowest BCUT2D eigenvalue weighted by Crippen LogP contribution is -2.44. The molecule has 1 heterocycles. The minimum Gasteiger partial charge on any atom is -0.355 e. The first-order valence-corrected chi connectivity index (χ1v) is 9.98. The molecule has 152 valence electrons. The number of fused-ring (bicyclic) bond motifs is 1. The molecule has 0 aliphatic heterocycles. The Morgan fingerprint density at radius 1 is 0.966 bits per heavy atom. The Morgan fingerprint density at radius 3 is 2.17 bits per heavy atom. The molecule has 0 radical (unpaired) electrons. The summed E-state index contributed by atoms with van der Waals surface area (Å²) in [6, 6.07) is 14.2. The molecule has 1 amide bonds. The van der Waals surface area contributed by atoms with Crippen molar-refractivity contribution in [2.45, 2.75) is 33.4 Å². The minimum absolute atomic E-state index is 0.186. The minimum atomic E-state index is -0.711. The smallest absolute Gasteiger partial charge is 0.317 e. The zero-order valence-electron chi connectivity index (χ0n) is 16.5. The molecule has 0 aliphatic carbocycles. The van der Waals surface area contributed by atoms with Crippen LogP contribution in [0.1, 0.15) is 25.8 Å². The molecule has 1 N–H and O–H groups in total. The van der Waals surface area contributed by atoms with Crippen molar-refractivity contribution in [3.05, 3.63) is 79.8 Å². The summed E-state index contributed by atoms with van der Waals surface area (Å²) in [6.07, 6.45) is 0.851. The van der Waals surface area contributed by atoms with Gasteiger partial charge in [0.25, 0.3) is 0 Å². The number of rotatable bonds is 7. The summed E-state index contributed by atoms with van der Waals surface area (Å²) in [4.78, 5) is 37.9. The standard InChI is InChI=1S/C22H24ClN3O3/c1-15(2)11-12-24-20(27)14-26-19-6-4-3-5-18(19)25(21(28)22(26)29)13-16-7-9-17(23)10-8-16/h3-10,15H,11-14H2,1-2H3,(H,24,27). The van der Waals surface area contributed by atoms with E-state index in [1.807, 2.05) is 12.1 Å². The molecule has 1 aromatic heterocycles. The highest BCUT2D eigenvalue weighted by Crippen LogP contribution is 2.14. The average Bonchev–Trinajstić information content (AvgIpc) is 2.69. The zero-order chi connectivity index (χ0) is 21.0. The third-order valence-electron chi connectivity index (χ3n) is 4.74. The van der Waals surface area contributed by atoms with E-state index in [2.05, 4.69) is 19.2 Å². The van der Waals surface area contributed by atoms with Crippen LogP contribution in [-0.2, 0) is 17.9 Å². The van der Waals surface area contributed by atoms with Crippen molar-refractivity contribution in [1.29, 1.82) is 0 Å². The third-order valence-corrected chi connectivity index (χ3v) is 4.99. The fourth-order valence-electron chi connectivity index (χ4n) is 3.16. The normalized spacial score (nSPS) is 11.2. The number of nitrogens with one attached hydrogen (secondary N) is 1. The van der Waals surface area contributed by atoms with E-state index in [-0.39, 0.29) is 19.0 Å². The summed E-state index contributed by atoms with van der Waals surface area (Å²) < 4.78 is 2.69. The van der Waals surface area contributed by atoms with Crippen LogP contribution in [0.4, 0.5) is 0 Å². The fourth-order valence-corrected chi connectivity index (χ4v) is 3.28. The Hall–Kier alpha value is -2.86. The van der Waals surface area contributed by atoms with Crippen molar-refractivity contribution in [3.8, 4) is 0 Å². The van der Waals surface area contributed by atoms with Crippen molar-refractivity contribution in [3.63, 3.8) is 0 Å². The van der Waals surface area contributed by atoms with E-state index in [0.717, 1.165) is 12.0 Å². The maximum absolute atomic E-state index is 12.8. The predicted molar refractivity (Wildman–Crippen MR) is 115 cm³/mol. The second kappa shape index (κ2) is 9.09. The van der Waals surface area contributed by atoms with Gasteiger partial charge in [-0.2, -0.15) is 0 Å². The SMILES string of the molecule is CC(C)CCNC(=O)Cn1c(=O)c(=O)n(Cc2ccc(Cl)cc2)c2ccccc21. The molecule has 0 aliphatic rings. The number of hydrogen-bond donors (Lipinski definition) is 1. The lowest BCUT2D eigenvalue weighted by atomic mass is 10.1. The quantitative estimate of drug-likeness (QED) is 0.605. The van der Waals surface area contributed by atoms with Crippen LogP contribution in [0, 0.1) is 5.92 Å². The number of para-hydroxylation sites is 2. The van der Waals surface area contributed by atoms with Crippen LogP contribution in [0.5, 0.6) is 0 Å². The molecule has 29 heavy (non-hydrogen) atoms. The van der Waals surface area contributed by atoms with Gasteiger partial charge in [0, 0.05) is 11.6 Å². The third kappa shape index (κ3) is 4.95. The molecule has 0 fully saturated rings. The molecule has 3 rings (SSSR count). The highest BCUT2D eigenvalue weighted by molar-refractivity contribution is 6.30. The fraction of sp³-hybridized carbons (Fsp3) is 0.318. The molecule has 2 aromatic carbocycles. The first kappa shape index (κ1) is 20.9. The van der Waals surface area contributed by atoms with Gasteiger partial charge in [-0.1, -0.05) is 49.7 Å². The highest BCUT2D eigenvalue weighted by atomic mass is 35.5. The van der Waals surface area contributed by atoms with Crippen molar-refractivity contribution >= 4 is 28.5 Å². The van der Waals surface area contributed by atoms with E-state index in [4.69, 9.17) is 11.6 Å². The van der Waals surface area contributed by atoms with Crippen LogP contribution in [0.15, 0.2) is 58.1 Å². The molecular formula is C22H24ClN3O3. The molecule has 0 bridgehead atoms. The number of aromatic nitrogens is 2. The summed E-state index contributed by atoms with van der Waals surface area (Å²) in [5.41, 5.74) is 0.627. The first-order chi connectivity index (χ1) is 13.9. The summed E-state index contributed by atoms with van der Waals surface area (Å²) >= 11 is 5.93. The van der Waals surface area contributed by atoms with Gasteiger partial charge in [0.15, 0.2) is 0 Å². The van der Waals surface area contributed by atoms with Gasteiger partial charge < -0.3 is 5.32 Å². The highest BCUT2D eigenvalue weighted by Gasteiger charge is 2.15. The van der Waals surface area contributed by atoms with Crippen LogP contribution < -0.4 is 16.4 Å². The van der Waals surface area contributed by atoms with Gasteiger partial charge in [0.05, 0.1) is 17.6 Å². The predicted octanol–water partition coefficient (Wildman–Crippen LogP) is 3.03. The van der Waals surface area contributed by atoms with Gasteiger partial charge in [-0.3, -0.25) is 23.5 Å². The molecule has 0 saturated heterocycles. The Kier molecular flexibility index (Phi) is 6.54. The summed E-state index contributed by atoms with van der Waals surface area (Å²) in [7, 11) is 0. The van der Waals surface area contributed by atoms with E-state index in [0.29, 0.717) is 28.5 Å². The lowest BCUT2D eigenvalue weighted by Gasteiger charge is -2.15. The van der Waals surface area contributed by atoms with Gasteiger partial charge in [-0.05, 0) is 42.2 Å². The Bertz CT molecular complexity index is 1130. The van der Waals surface area contributed by atoms with Crippen molar-refractivity contribution in [2.24, 2.45) is 5.92 Å². The van der Waals surface area contributed by atoms with Crippen LogP contribution >= 0.6 is 11.6 Å². The lowest BCUT2D eigenvalue weighted by molar-refractivity contribution is -0.121. The van der Waals surface area contributed by atoms with E-state index < -0.39 is 11.1 Å². The van der Waals surface area contributed by atoms with Crippen LogP contribution in [0.25, 0.3) is 11.0 Å². The molecule has 0 spiro atoms. The average molecular weight is 414 g/mol. The molecular weight excluding hydrogens is 390 g/mol. The van der Waals surface area contributed by atoms with Crippen LogP contribution in [0.2, 0.25) is 5.02 Å². The van der Waals surface area contributed by atoms with Crippen molar-refractivity contribution in [2.75, 3.05) is 6.54 Å². The zero-order valence-corrected chi connectivity index (χ0v) is 17.3. The Morgan fingerprint density at radius 2 is 1.55 bits per heavy atom. The maximum Gasteiger partial charge on any atom is 0.317 e. The summed E-state index contributed by atoms with van der Waals surface area (Å²) in [5.74, 6) is 0.184. The Labute approximate surface area is 173 Å². The second-order valence-corrected chi connectivity index (χ2v) is 7.87. The summed E-state index contributed by atoms with van der Waals surface area (Å²) in [5, 5.41) is 3.42. The Balaban J connectivity index is 1.98.